The summed E-state index contributed by atoms with van der Waals surface area (Å²) in [6.07, 6.45) is -0.161. The number of esters is 1. The lowest BCUT2D eigenvalue weighted by Gasteiger charge is -2.18. The van der Waals surface area contributed by atoms with Crippen molar-refractivity contribution in [3.8, 4) is 0 Å². The molecule has 0 aliphatic heterocycles. The van der Waals surface area contributed by atoms with Gasteiger partial charge < -0.3 is 10.1 Å². The normalized spacial score (nSPS) is 13.3. The van der Waals surface area contributed by atoms with Gasteiger partial charge in [-0.05, 0) is 44.2 Å². The van der Waals surface area contributed by atoms with Crippen LogP contribution in [0.2, 0.25) is 0 Å². The maximum atomic E-state index is 12.3. The first-order valence-electron chi connectivity index (χ1n) is 9.35. The SMILES string of the molecule is CC[C@H](CNC(=O)[C@@H](C)OC(=O)c1cccc(S(=O)(=O)NC)c1)c1ccccc1. The van der Waals surface area contributed by atoms with Crippen LogP contribution < -0.4 is 10.0 Å². The number of rotatable bonds is 9. The molecule has 0 aliphatic rings. The van der Waals surface area contributed by atoms with Crippen molar-refractivity contribution in [1.29, 1.82) is 0 Å². The van der Waals surface area contributed by atoms with Crippen LogP contribution in [-0.2, 0) is 19.6 Å². The topological polar surface area (TPSA) is 102 Å². The van der Waals surface area contributed by atoms with Gasteiger partial charge in [-0.25, -0.2) is 17.9 Å². The van der Waals surface area contributed by atoms with Gasteiger partial charge in [-0.15, -0.1) is 0 Å². The fraction of sp³-hybridized carbons (Fsp3) is 0.333. The van der Waals surface area contributed by atoms with Crippen LogP contribution in [0.4, 0.5) is 0 Å². The van der Waals surface area contributed by atoms with Gasteiger partial charge in [0.15, 0.2) is 6.10 Å². The predicted octanol–water partition coefficient (Wildman–Crippen LogP) is 2.45. The molecule has 0 aliphatic carbocycles. The number of ether oxygens (including phenoxy) is 1. The van der Waals surface area contributed by atoms with Gasteiger partial charge in [0.25, 0.3) is 5.91 Å². The molecule has 29 heavy (non-hydrogen) atoms. The monoisotopic (exact) mass is 418 g/mol. The maximum absolute atomic E-state index is 12.3. The molecule has 2 atom stereocenters. The smallest absolute Gasteiger partial charge is 0.338 e. The Labute approximate surface area is 171 Å². The second kappa shape index (κ2) is 10.2. The first-order valence-corrected chi connectivity index (χ1v) is 10.8. The van der Waals surface area contributed by atoms with E-state index in [2.05, 4.69) is 10.0 Å². The summed E-state index contributed by atoms with van der Waals surface area (Å²) in [6.45, 7) is 3.95. The van der Waals surface area contributed by atoms with Crippen molar-refractivity contribution >= 4 is 21.9 Å². The summed E-state index contributed by atoms with van der Waals surface area (Å²) in [5.41, 5.74) is 1.18. The minimum Gasteiger partial charge on any atom is -0.449 e. The molecular weight excluding hydrogens is 392 g/mol. The van der Waals surface area contributed by atoms with Crippen LogP contribution in [0.15, 0.2) is 59.5 Å². The Morgan fingerprint density at radius 2 is 1.76 bits per heavy atom. The summed E-state index contributed by atoms with van der Waals surface area (Å²) in [5.74, 6) is -1.02. The van der Waals surface area contributed by atoms with Gasteiger partial charge in [0.2, 0.25) is 10.0 Å². The number of benzene rings is 2. The molecule has 0 bridgehead atoms. The van der Waals surface area contributed by atoms with E-state index in [1.807, 2.05) is 37.3 Å². The van der Waals surface area contributed by atoms with Gasteiger partial charge in [0.05, 0.1) is 10.5 Å². The predicted molar refractivity (Wildman–Crippen MR) is 110 cm³/mol. The van der Waals surface area contributed by atoms with Gasteiger partial charge in [-0.2, -0.15) is 0 Å². The van der Waals surface area contributed by atoms with E-state index < -0.39 is 28.0 Å². The number of sulfonamides is 1. The van der Waals surface area contributed by atoms with E-state index in [1.165, 1.54) is 38.2 Å². The summed E-state index contributed by atoms with van der Waals surface area (Å²) < 4.78 is 31.1. The number of hydrogen-bond donors (Lipinski definition) is 2. The summed E-state index contributed by atoms with van der Waals surface area (Å²) in [5, 5.41) is 2.81. The van der Waals surface area contributed by atoms with E-state index in [0.717, 1.165) is 12.0 Å². The van der Waals surface area contributed by atoms with E-state index in [4.69, 9.17) is 4.74 Å². The second-order valence-corrected chi connectivity index (χ2v) is 8.43. The van der Waals surface area contributed by atoms with E-state index in [0.29, 0.717) is 6.54 Å². The Hall–Kier alpha value is -2.71. The Balaban J connectivity index is 1.97. The molecule has 0 aromatic heterocycles. The highest BCUT2D eigenvalue weighted by molar-refractivity contribution is 7.89. The third-order valence-corrected chi connectivity index (χ3v) is 6.00. The van der Waals surface area contributed by atoms with Crippen molar-refractivity contribution in [2.75, 3.05) is 13.6 Å². The van der Waals surface area contributed by atoms with Crippen molar-refractivity contribution in [2.24, 2.45) is 0 Å². The highest BCUT2D eigenvalue weighted by atomic mass is 32.2. The summed E-state index contributed by atoms with van der Waals surface area (Å²) in [4.78, 5) is 24.6. The van der Waals surface area contributed by atoms with Crippen molar-refractivity contribution in [3.05, 3.63) is 65.7 Å². The lowest BCUT2D eigenvalue weighted by molar-refractivity contribution is -0.129. The van der Waals surface area contributed by atoms with Crippen LogP contribution in [0.5, 0.6) is 0 Å². The van der Waals surface area contributed by atoms with Crippen molar-refractivity contribution in [3.63, 3.8) is 0 Å². The van der Waals surface area contributed by atoms with E-state index in [-0.39, 0.29) is 16.4 Å². The number of carbonyl (C=O) groups excluding carboxylic acids is 2. The van der Waals surface area contributed by atoms with Crippen molar-refractivity contribution in [1.82, 2.24) is 10.0 Å². The van der Waals surface area contributed by atoms with Crippen LogP contribution in [0, 0.1) is 0 Å². The average molecular weight is 419 g/mol. The Morgan fingerprint density at radius 3 is 2.38 bits per heavy atom. The molecule has 0 unspecified atom stereocenters. The molecule has 8 heteroatoms. The zero-order valence-electron chi connectivity index (χ0n) is 16.7. The van der Waals surface area contributed by atoms with Crippen molar-refractivity contribution < 1.29 is 22.7 Å². The van der Waals surface area contributed by atoms with Crippen LogP contribution in [0.3, 0.4) is 0 Å². The van der Waals surface area contributed by atoms with Gasteiger partial charge in [0, 0.05) is 12.5 Å². The second-order valence-electron chi connectivity index (χ2n) is 6.54. The lowest BCUT2D eigenvalue weighted by atomic mass is 9.96. The molecule has 0 spiro atoms. The van der Waals surface area contributed by atoms with Gasteiger partial charge in [-0.1, -0.05) is 43.3 Å². The third-order valence-electron chi connectivity index (χ3n) is 4.59. The van der Waals surface area contributed by atoms with Gasteiger partial charge >= 0.3 is 5.97 Å². The molecule has 2 rings (SSSR count). The molecule has 0 saturated carbocycles. The molecular formula is C21H26N2O5S. The summed E-state index contributed by atoms with van der Waals surface area (Å²) in [6, 6.07) is 15.3. The van der Waals surface area contributed by atoms with Crippen molar-refractivity contribution in [2.45, 2.75) is 37.2 Å². The molecule has 1 amide bonds. The first kappa shape index (κ1) is 22.6. The lowest BCUT2D eigenvalue weighted by Crippen LogP contribution is -2.38. The average Bonchev–Trinajstić information content (AvgIpc) is 2.74. The number of carbonyl (C=O) groups is 2. The first-order chi connectivity index (χ1) is 13.8. The molecule has 0 saturated heterocycles. The highest BCUT2D eigenvalue weighted by Gasteiger charge is 2.21. The third kappa shape index (κ3) is 6.13. The zero-order chi connectivity index (χ0) is 21.4. The molecule has 0 fully saturated rings. The molecule has 7 nitrogen and oxygen atoms in total. The molecule has 0 radical (unpaired) electrons. The molecule has 156 valence electrons. The minimum atomic E-state index is -3.68. The molecule has 2 aromatic carbocycles. The summed E-state index contributed by atoms with van der Waals surface area (Å²) >= 11 is 0. The Kier molecular flexibility index (Phi) is 7.92. The van der Waals surface area contributed by atoms with Crippen LogP contribution in [-0.4, -0.2) is 40.0 Å². The number of hydrogen-bond acceptors (Lipinski definition) is 5. The Bertz CT molecular complexity index is 945. The maximum Gasteiger partial charge on any atom is 0.338 e. The van der Waals surface area contributed by atoms with E-state index >= 15 is 0 Å². The van der Waals surface area contributed by atoms with Crippen LogP contribution in [0.1, 0.15) is 42.1 Å². The zero-order valence-corrected chi connectivity index (χ0v) is 17.5. The summed E-state index contributed by atoms with van der Waals surface area (Å²) in [7, 11) is -2.40. The van der Waals surface area contributed by atoms with E-state index in [1.54, 1.807) is 0 Å². The largest absolute Gasteiger partial charge is 0.449 e. The standard InChI is InChI=1S/C21H26N2O5S/c1-4-16(17-9-6-5-7-10-17)14-23-20(24)15(2)28-21(25)18-11-8-12-19(13-18)29(26,27)22-3/h5-13,15-16,22H,4,14H2,1-3H3,(H,23,24)/t15-,16-/m1/s1. The van der Waals surface area contributed by atoms with Gasteiger partial charge in [-0.3, -0.25) is 4.79 Å². The molecule has 0 heterocycles. The molecule has 2 aromatic rings. The minimum absolute atomic E-state index is 0.0525. The fourth-order valence-corrected chi connectivity index (χ4v) is 3.56. The quantitative estimate of drug-likeness (QED) is 0.609. The van der Waals surface area contributed by atoms with E-state index in [9.17, 15) is 18.0 Å². The van der Waals surface area contributed by atoms with Crippen LogP contribution >= 0.6 is 0 Å². The number of nitrogens with one attached hydrogen (secondary N) is 2. The van der Waals surface area contributed by atoms with Gasteiger partial charge in [0.1, 0.15) is 0 Å². The fourth-order valence-electron chi connectivity index (χ4n) is 2.78. The number of amides is 1. The molecule has 2 N–H and O–H groups in total. The Morgan fingerprint density at radius 1 is 1.07 bits per heavy atom. The highest BCUT2D eigenvalue weighted by Crippen LogP contribution is 2.18. The van der Waals surface area contributed by atoms with Crippen LogP contribution in [0.25, 0.3) is 0 Å².